The van der Waals surface area contributed by atoms with E-state index in [4.69, 9.17) is 0 Å². The molecular formula is C11H10N2O2. The molecule has 0 saturated heterocycles. The van der Waals surface area contributed by atoms with Crippen LogP contribution in [0.15, 0.2) is 36.0 Å². The number of benzene rings is 1. The highest BCUT2D eigenvalue weighted by Gasteiger charge is 2.20. The Balaban J connectivity index is 2.16. The monoisotopic (exact) mass is 202 g/mol. The highest BCUT2D eigenvalue weighted by molar-refractivity contribution is 6.17. The molecular weight excluding hydrogens is 192 g/mol. The summed E-state index contributed by atoms with van der Waals surface area (Å²) in [5, 5.41) is 5.04. The van der Waals surface area contributed by atoms with Crippen LogP contribution in [0.25, 0.3) is 0 Å². The molecule has 2 amide bonds. The number of anilines is 1. The highest BCUT2D eigenvalue weighted by Crippen LogP contribution is 2.13. The number of amides is 2. The smallest absolute Gasteiger partial charge is 0.274 e. The average Bonchev–Trinajstić information content (AvgIpc) is 2.49. The fraction of sp³-hybridized carbons (Fsp3) is 0.0909. The summed E-state index contributed by atoms with van der Waals surface area (Å²) in [5.74, 6) is -0.768. The first-order valence-corrected chi connectivity index (χ1v) is 4.56. The zero-order chi connectivity index (χ0) is 10.8. The van der Waals surface area contributed by atoms with E-state index in [1.807, 2.05) is 31.2 Å². The van der Waals surface area contributed by atoms with Crippen LogP contribution >= 0.6 is 0 Å². The maximum Gasteiger partial charge on any atom is 0.274 e. The van der Waals surface area contributed by atoms with Gasteiger partial charge in [0.05, 0.1) is 0 Å². The first-order chi connectivity index (χ1) is 7.15. The zero-order valence-corrected chi connectivity index (χ0v) is 8.20. The molecule has 4 nitrogen and oxygen atoms in total. The number of hydrogen-bond acceptors (Lipinski definition) is 3. The van der Waals surface area contributed by atoms with Gasteiger partial charge in [-0.25, -0.2) is 0 Å². The number of carbonyl (C=O) groups excluding carboxylic acids is 2. The molecule has 0 aromatic heterocycles. The largest absolute Gasteiger partial charge is 0.351 e. The lowest BCUT2D eigenvalue weighted by atomic mass is 10.2. The number of rotatable bonds is 2. The van der Waals surface area contributed by atoms with Crippen molar-refractivity contribution in [3.05, 3.63) is 41.6 Å². The van der Waals surface area contributed by atoms with Crippen molar-refractivity contribution >= 4 is 17.5 Å². The van der Waals surface area contributed by atoms with Gasteiger partial charge in [0, 0.05) is 11.8 Å². The van der Waals surface area contributed by atoms with E-state index in [0.717, 1.165) is 11.3 Å². The third kappa shape index (κ3) is 2.04. The van der Waals surface area contributed by atoms with Gasteiger partial charge in [0.15, 0.2) is 0 Å². The van der Waals surface area contributed by atoms with Gasteiger partial charge in [-0.3, -0.25) is 14.9 Å². The predicted octanol–water partition coefficient (Wildman–Crippen LogP) is 0.947. The standard InChI is InChI=1S/C11H10N2O2/c1-7-2-4-8(5-3-7)12-9-6-10(14)13-11(9)15/h2-6H,1H3,(H2,12,13,14,15). The third-order valence-electron chi connectivity index (χ3n) is 2.09. The second kappa shape index (κ2) is 3.57. The van der Waals surface area contributed by atoms with Gasteiger partial charge in [0.25, 0.3) is 11.8 Å². The van der Waals surface area contributed by atoms with Crippen LogP contribution in [0, 0.1) is 6.92 Å². The molecule has 0 atom stereocenters. The van der Waals surface area contributed by atoms with E-state index in [0.29, 0.717) is 0 Å². The van der Waals surface area contributed by atoms with Crippen LogP contribution in [0.5, 0.6) is 0 Å². The Kier molecular flexibility index (Phi) is 2.25. The van der Waals surface area contributed by atoms with Crippen LogP contribution in [0.4, 0.5) is 5.69 Å². The Morgan fingerprint density at radius 2 is 1.80 bits per heavy atom. The minimum atomic E-state index is -0.388. The summed E-state index contributed by atoms with van der Waals surface area (Å²) in [6, 6.07) is 7.56. The second-order valence-corrected chi connectivity index (χ2v) is 3.37. The molecule has 15 heavy (non-hydrogen) atoms. The normalized spacial score (nSPS) is 14.9. The van der Waals surface area contributed by atoms with E-state index >= 15 is 0 Å². The molecule has 0 bridgehead atoms. The van der Waals surface area contributed by atoms with Crippen LogP contribution in [0.1, 0.15) is 5.56 Å². The van der Waals surface area contributed by atoms with Crippen molar-refractivity contribution in [3.8, 4) is 0 Å². The van der Waals surface area contributed by atoms with Gasteiger partial charge in [-0.2, -0.15) is 0 Å². The summed E-state index contributed by atoms with van der Waals surface area (Å²) >= 11 is 0. The van der Waals surface area contributed by atoms with Gasteiger partial charge < -0.3 is 5.32 Å². The van der Waals surface area contributed by atoms with Gasteiger partial charge in [-0.1, -0.05) is 17.7 Å². The quantitative estimate of drug-likeness (QED) is 0.702. The maximum atomic E-state index is 11.2. The molecule has 2 N–H and O–H groups in total. The molecule has 2 rings (SSSR count). The van der Waals surface area contributed by atoms with Crippen molar-refractivity contribution in [3.63, 3.8) is 0 Å². The first kappa shape index (κ1) is 9.45. The van der Waals surface area contributed by atoms with Crippen molar-refractivity contribution in [2.24, 2.45) is 0 Å². The van der Waals surface area contributed by atoms with Crippen molar-refractivity contribution in [2.75, 3.05) is 5.32 Å². The Labute approximate surface area is 87.0 Å². The third-order valence-corrected chi connectivity index (χ3v) is 2.09. The van der Waals surface area contributed by atoms with Gasteiger partial charge >= 0.3 is 0 Å². The average molecular weight is 202 g/mol. The van der Waals surface area contributed by atoms with Crippen LogP contribution < -0.4 is 10.6 Å². The van der Waals surface area contributed by atoms with Crippen molar-refractivity contribution in [1.29, 1.82) is 0 Å². The Hall–Kier alpha value is -2.10. The number of carbonyl (C=O) groups is 2. The van der Waals surface area contributed by atoms with E-state index in [1.165, 1.54) is 6.08 Å². The van der Waals surface area contributed by atoms with E-state index in [2.05, 4.69) is 10.6 Å². The second-order valence-electron chi connectivity index (χ2n) is 3.37. The lowest BCUT2D eigenvalue weighted by Crippen LogP contribution is -2.24. The number of imide groups is 1. The molecule has 0 radical (unpaired) electrons. The zero-order valence-electron chi connectivity index (χ0n) is 8.20. The fourth-order valence-corrected chi connectivity index (χ4v) is 1.30. The van der Waals surface area contributed by atoms with Crippen LogP contribution in [0.2, 0.25) is 0 Å². The number of aryl methyl sites for hydroxylation is 1. The summed E-state index contributed by atoms with van der Waals surface area (Å²) in [5.41, 5.74) is 2.21. The van der Waals surface area contributed by atoms with E-state index < -0.39 is 0 Å². The lowest BCUT2D eigenvalue weighted by Gasteiger charge is -2.04. The summed E-state index contributed by atoms with van der Waals surface area (Å²) in [7, 11) is 0. The highest BCUT2D eigenvalue weighted by atomic mass is 16.2. The summed E-state index contributed by atoms with van der Waals surface area (Å²) in [6.07, 6.45) is 1.25. The van der Waals surface area contributed by atoms with Crippen molar-refractivity contribution in [1.82, 2.24) is 5.32 Å². The molecule has 4 heteroatoms. The fourth-order valence-electron chi connectivity index (χ4n) is 1.30. The van der Waals surface area contributed by atoms with Gasteiger partial charge in [-0.15, -0.1) is 0 Å². The van der Waals surface area contributed by atoms with Crippen LogP contribution in [-0.4, -0.2) is 11.8 Å². The predicted molar refractivity (Wildman–Crippen MR) is 56.0 cm³/mol. The molecule has 1 aliphatic heterocycles. The molecule has 1 aliphatic rings. The Morgan fingerprint density at radius 3 is 2.33 bits per heavy atom. The maximum absolute atomic E-state index is 11.2. The molecule has 0 aliphatic carbocycles. The molecule has 0 unspecified atom stereocenters. The molecule has 0 spiro atoms. The molecule has 1 aromatic carbocycles. The molecule has 76 valence electrons. The van der Waals surface area contributed by atoms with Crippen molar-refractivity contribution < 1.29 is 9.59 Å². The lowest BCUT2D eigenvalue weighted by molar-refractivity contribution is -0.123. The summed E-state index contributed by atoms with van der Waals surface area (Å²) in [6.45, 7) is 1.98. The molecule has 0 fully saturated rings. The van der Waals surface area contributed by atoms with Crippen LogP contribution in [0.3, 0.4) is 0 Å². The first-order valence-electron chi connectivity index (χ1n) is 4.56. The number of nitrogens with one attached hydrogen (secondary N) is 2. The van der Waals surface area contributed by atoms with E-state index in [1.54, 1.807) is 0 Å². The molecule has 0 saturated carbocycles. The van der Waals surface area contributed by atoms with Gasteiger partial charge in [-0.05, 0) is 19.1 Å². The Bertz CT molecular complexity index is 446. The van der Waals surface area contributed by atoms with E-state index in [-0.39, 0.29) is 17.5 Å². The summed E-state index contributed by atoms with van der Waals surface area (Å²) < 4.78 is 0. The van der Waals surface area contributed by atoms with Gasteiger partial charge in [0.1, 0.15) is 5.70 Å². The molecule has 1 aromatic rings. The van der Waals surface area contributed by atoms with Gasteiger partial charge in [0.2, 0.25) is 0 Å². The van der Waals surface area contributed by atoms with Crippen LogP contribution in [-0.2, 0) is 9.59 Å². The topological polar surface area (TPSA) is 58.2 Å². The Morgan fingerprint density at radius 1 is 1.13 bits per heavy atom. The minimum Gasteiger partial charge on any atom is -0.351 e. The number of hydrogen-bond donors (Lipinski definition) is 2. The minimum absolute atomic E-state index is 0.281. The SMILES string of the molecule is Cc1ccc(NC2=CC(=O)NC2=O)cc1. The summed E-state index contributed by atoms with van der Waals surface area (Å²) in [4.78, 5) is 22.1. The van der Waals surface area contributed by atoms with E-state index in [9.17, 15) is 9.59 Å². The van der Waals surface area contributed by atoms with Crippen molar-refractivity contribution in [2.45, 2.75) is 6.92 Å². The molecule has 1 heterocycles.